The number of nitrogens with zero attached hydrogens (tertiary/aromatic N) is 2. The normalized spacial score (nSPS) is 15.9. The zero-order chi connectivity index (χ0) is 19.2. The highest BCUT2D eigenvalue weighted by Gasteiger charge is 2.16. The molecule has 6 nitrogen and oxygen atoms in total. The molecule has 0 aliphatic carbocycles. The quantitative estimate of drug-likeness (QED) is 0.708. The van der Waals surface area contributed by atoms with Crippen LogP contribution in [0.4, 0.5) is 0 Å². The Hall–Kier alpha value is -3.25. The smallest absolute Gasteiger partial charge is 0.321 e. The molecule has 142 valence electrons. The van der Waals surface area contributed by atoms with Gasteiger partial charge >= 0.3 is 6.01 Å². The number of amides is 1. The van der Waals surface area contributed by atoms with Gasteiger partial charge in [0, 0.05) is 36.7 Å². The van der Waals surface area contributed by atoms with Gasteiger partial charge in [0.25, 0.3) is 5.91 Å². The Bertz CT molecular complexity index is 906. The van der Waals surface area contributed by atoms with Crippen molar-refractivity contribution in [1.29, 1.82) is 0 Å². The Morgan fingerprint density at radius 3 is 2.46 bits per heavy atom. The SMILES string of the molecule is O=C(NC[C@H]1CCCO1)c1ccc(-c2cnc(Oc3ccccc3)nc2)cc1. The van der Waals surface area contributed by atoms with Gasteiger partial charge in [0.15, 0.2) is 0 Å². The standard InChI is InChI=1S/C22H21N3O3/c26-21(23-15-20-7-4-12-27-20)17-10-8-16(9-11-17)18-13-24-22(25-14-18)28-19-5-2-1-3-6-19/h1-3,5-6,8-11,13-14,20H,4,7,12,15H2,(H,23,26)/t20-/m1/s1. The van der Waals surface area contributed by atoms with Gasteiger partial charge in [-0.3, -0.25) is 4.79 Å². The van der Waals surface area contributed by atoms with Crippen LogP contribution >= 0.6 is 0 Å². The molecule has 0 spiro atoms. The number of carbonyl (C=O) groups is 1. The van der Waals surface area contributed by atoms with Crippen molar-refractivity contribution >= 4 is 5.91 Å². The van der Waals surface area contributed by atoms with Gasteiger partial charge in [-0.05, 0) is 42.7 Å². The van der Waals surface area contributed by atoms with Gasteiger partial charge in [-0.25, -0.2) is 9.97 Å². The lowest BCUT2D eigenvalue weighted by Gasteiger charge is -2.11. The first-order valence-electron chi connectivity index (χ1n) is 9.33. The summed E-state index contributed by atoms with van der Waals surface area (Å²) in [4.78, 5) is 20.8. The fourth-order valence-corrected chi connectivity index (χ4v) is 3.04. The van der Waals surface area contributed by atoms with Crippen LogP contribution in [0, 0.1) is 0 Å². The predicted molar refractivity (Wildman–Crippen MR) is 105 cm³/mol. The topological polar surface area (TPSA) is 73.3 Å². The highest BCUT2D eigenvalue weighted by atomic mass is 16.5. The predicted octanol–water partition coefficient (Wildman–Crippen LogP) is 3.84. The third-order valence-corrected chi connectivity index (χ3v) is 4.58. The molecule has 0 unspecified atom stereocenters. The van der Waals surface area contributed by atoms with Crippen LogP contribution in [0.5, 0.6) is 11.8 Å². The molecule has 1 saturated heterocycles. The summed E-state index contributed by atoms with van der Waals surface area (Å²) in [5, 5.41) is 2.93. The number of aromatic nitrogens is 2. The highest BCUT2D eigenvalue weighted by Crippen LogP contribution is 2.21. The minimum atomic E-state index is -0.0927. The molecule has 1 fully saturated rings. The number of ether oxygens (including phenoxy) is 2. The van der Waals surface area contributed by atoms with Crippen molar-refractivity contribution in [2.75, 3.05) is 13.2 Å². The Morgan fingerprint density at radius 1 is 1.04 bits per heavy atom. The van der Waals surface area contributed by atoms with E-state index in [1.54, 1.807) is 24.5 Å². The van der Waals surface area contributed by atoms with Gasteiger partial charge in [-0.1, -0.05) is 30.3 Å². The van der Waals surface area contributed by atoms with Crippen molar-refractivity contribution in [2.24, 2.45) is 0 Å². The molecule has 28 heavy (non-hydrogen) atoms. The van der Waals surface area contributed by atoms with Gasteiger partial charge in [0.1, 0.15) is 5.75 Å². The van der Waals surface area contributed by atoms with E-state index in [4.69, 9.17) is 9.47 Å². The minimum Gasteiger partial charge on any atom is -0.424 e. The molecule has 1 N–H and O–H groups in total. The molecule has 0 saturated carbocycles. The largest absolute Gasteiger partial charge is 0.424 e. The number of rotatable bonds is 6. The van der Waals surface area contributed by atoms with Gasteiger partial charge < -0.3 is 14.8 Å². The summed E-state index contributed by atoms with van der Waals surface area (Å²) in [6.45, 7) is 1.34. The number of nitrogens with one attached hydrogen (secondary N) is 1. The van der Waals surface area contributed by atoms with E-state index in [9.17, 15) is 4.79 Å². The number of para-hydroxylation sites is 1. The number of benzene rings is 2. The summed E-state index contributed by atoms with van der Waals surface area (Å²) in [6.07, 6.45) is 5.61. The summed E-state index contributed by atoms with van der Waals surface area (Å²) in [5.74, 6) is 0.596. The Balaban J connectivity index is 1.37. The summed E-state index contributed by atoms with van der Waals surface area (Å²) < 4.78 is 11.1. The first-order chi connectivity index (χ1) is 13.8. The van der Waals surface area contributed by atoms with Gasteiger partial charge in [0.2, 0.25) is 0 Å². The fraction of sp³-hybridized carbons (Fsp3) is 0.227. The zero-order valence-electron chi connectivity index (χ0n) is 15.4. The molecule has 1 aromatic heterocycles. The molecule has 1 aliphatic rings. The lowest BCUT2D eigenvalue weighted by Crippen LogP contribution is -2.31. The van der Waals surface area contributed by atoms with Gasteiger partial charge in [0.05, 0.1) is 6.10 Å². The molecular weight excluding hydrogens is 354 g/mol. The minimum absolute atomic E-state index is 0.0927. The van der Waals surface area contributed by atoms with Crippen LogP contribution in [0.2, 0.25) is 0 Å². The monoisotopic (exact) mass is 375 g/mol. The van der Waals surface area contributed by atoms with Gasteiger partial charge in [-0.15, -0.1) is 0 Å². The maximum Gasteiger partial charge on any atom is 0.321 e. The van der Waals surface area contributed by atoms with Crippen LogP contribution < -0.4 is 10.1 Å². The lowest BCUT2D eigenvalue weighted by atomic mass is 10.1. The summed E-state index contributed by atoms with van der Waals surface area (Å²) in [7, 11) is 0. The number of carbonyl (C=O) groups excluding carboxylic acids is 1. The van der Waals surface area contributed by atoms with Crippen LogP contribution in [0.15, 0.2) is 67.0 Å². The molecule has 0 radical (unpaired) electrons. The van der Waals surface area contributed by atoms with E-state index in [0.29, 0.717) is 23.9 Å². The van der Waals surface area contributed by atoms with E-state index < -0.39 is 0 Å². The lowest BCUT2D eigenvalue weighted by molar-refractivity contribution is 0.0858. The third-order valence-electron chi connectivity index (χ3n) is 4.58. The second-order valence-corrected chi connectivity index (χ2v) is 6.59. The van der Waals surface area contributed by atoms with Crippen LogP contribution in [-0.2, 0) is 4.74 Å². The molecule has 6 heteroatoms. The van der Waals surface area contributed by atoms with E-state index in [-0.39, 0.29) is 12.0 Å². The first-order valence-corrected chi connectivity index (χ1v) is 9.33. The first kappa shape index (κ1) is 18.1. The fourth-order valence-electron chi connectivity index (χ4n) is 3.04. The van der Waals surface area contributed by atoms with Crippen LogP contribution in [0.25, 0.3) is 11.1 Å². The number of hydrogen-bond donors (Lipinski definition) is 1. The molecule has 0 bridgehead atoms. The van der Waals surface area contributed by atoms with Crippen molar-refractivity contribution in [3.05, 3.63) is 72.6 Å². The molecular formula is C22H21N3O3. The zero-order valence-corrected chi connectivity index (χ0v) is 15.4. The van der Waals surface area contributed by atoms with Crippen molar-refractivity contribution < 1.29 is 14.3 Å². The van der Waals surface area contributed by atoms with Crippen molar-refractivity contribution in [3.63, 3.8) is 0 Å². The molecule has 3 aromatic rings. The van der Waals surface area contributed by atoms with Crippen molar-refractivity contribution in [3.8, 4) is 22.9 Å². The van der Waals surface area contributed by atoms with Crippen molar-refractivity contribution in [1.82, 2.24) is 15.3 Å². The maximum atomic E-state index is 12.3. The average molecular weight is 375 g/mol. The van der Waals surface area contributed by atoms with E-state index in [0.717, 1.165) is 30.6 Å². The average Bonchev–Trinajstić information content (AvgIpc) is 3.27. The summed E-state index contributed by atoms with van der Waals surface area (Å²) in [6, 6.07) is 17.1. The molecule has 1 aliphatic heterocycles. The molecule has 2 heterocycles. The molecule has 1 atom stereocenters. The van der Waals surface area contributed by atoms with Crippen LogP contribution in [-0.4, -0.2) is 35.1 Å². The summed E-state index contributed by atoms with van der Waals surface area (Å²) >= 11 is 0. The van der Waals surface area contributed by atoms with Crippen LogP contribution in [0.1, 0.15) is 23.2 Å². The van der Waals surface area contributed by atoms with E-state index in [2.05, 4.69) is 15.3 Å². The summed E-state index contributed by atoms with van der Waals surface area (Å²) in [5.41, 5.74) is 2.40. The highest BCUT2D eigenvalue weighted by molar-refractivity contribution is 5.94. The van der Waals surface area contributed by atoms with Crippen molar-refractivity contribution in [2.45, 2.75) is 18.9 Å². The maximum absolute atomic E-state index is 12.3. The van der Waals surface area contributed by atoms with Crippen LogP contribution in [0.3, 0.4) is 0 Å². The Morgan fingerprint density at radius 2 is 1.79 bits per heavy atom. The van der Waals surface area contributed by atoms with E-state index in [1.165, 1.54) is 0 Å². The second kappa shape index (κ2) is 8.63. The van der Waals surface area contributed by atoms with E-state index in [1.807, 2.05) is 42.5 Å². The third kappa shape index (κ3) is 4.53. The molecule has 4 rings (SSSR count). The Labute approximate surface area is 163 Å². The Kier molecular flexibility index (Phi) is 5.58. The number of hydrogen-bond acceptors (Lipinski definition) is 5. The molecule has 2 aromatic carbocycles. The molecule has 1 amide bonds. The van der Waals surface area contributed by atoms with E-state index >= 15 is 0 Å². The second-order valence-electron chi connectivity index (χ2n) is 6.59. The van der Waals surface area contributed by atoms with Gasteiger partial charge in [-0.2, -0.15) is 0 Å².